The maximum absolute atomic E-state index is 12.0. The van der Waals surface area contributed by atoms with Crippen molar-refractivity contribution in [3.63, 3.8) is 0 Å². The van der Waals surface area contributed by atoms with E-state index in [1.54, 1.807) is 6.07 Å². The van der Waals surface area contributed by atoms with Crippen molar-refractivity contribution in [2.24, 2.45) is 0 Å². The number of nitro benzene ring substituents is 1. The lowest BCUT2D eigenvalue weighted by molar-refractivity contribution is -0.384. The molecule has 0 unspecified atom stereocenters. The van der Waals surface area contributed by atoms with Gasteiger partial charge in [-0.25, -0.2) is 0 Å². The number of rotatable bonds is 5. The van der Waals surface area contributed by atoms with Crippen LogP contribution in [0.25, 0.3) is 0 Å². The summed E-state index contributed by atoms with van der Waals surface area (Å²) in [6.07, 6.45) is 1.35. The number of furan rings is 1. The average Bonchev–Trinajstić information content (AvgIpc) is 3.01. The number of nitrogens with zero attached hydrogens (tertiary/aromatic N) is 1. The van der Waals surface area contributed by atoms with Crippen LogP contribution in [0, 0.1) is 10.1 Å². The minimum atomic E-state index is -0.836. The summed E-state index contributed by atoms with van der Waals surface area (Å²) >= 11 is 0. The third-order valence-corrected chi connectivity index (χ3v) is 2.81. The van der Waals surface area contributed by atoms with E-state index in [0.29, 0.717) is 0 Å². The van der Waals surface area contributed by atoms with Gasteiger partial charge in [0.15, 0.2) is 5.76 Å². The molecule has 1 atom stereocenters. The van der Waals surface area contributed by atoms with Gasteiger partial charge in [-0.3, -0.25) is 19.7 Å². The quantitative estimate of drug-likeness (QED) is 0.647. The summed E-state index contributed by atoms with van der Waals surface area (Å²) in [4.78, 5) is 33.8. The second kappa shape index (κ2) is 6.53. The molecule has 0 radical (unpaired) electrons. The molecule has 0 saturated carbocycles. The van der Waals surface area contributed by atoms with Crippen molar-refractivity contribution in [2.75, 3.05) is 5.32 Å². The van der Waals surface area contributed by atoms with Crippen LogP contribution in [0.5, 0.6) is 0 Å². The van der Waals surface area contributed by atoms with Crippen molar-refractivity contribution in [3.8, 4) is 0 Å². The molecule has 1 aromatic carbocycles. The van der Waals surface area contributed by atoms with Crippen molar-refractivity contribution in [2.45, 2.75) is 13.0 Å². The monoisotopic (exact) mass is 303 g/mol. The number of anilines is 1. The van der Waals surface area contributed by atoms with Crippen molar-refractivity contribution in [3.05, 3.63) is 58.5 Å². The smallest absolute Gasteiger partial charge is 0.287 e. The Labute approximate surface area is 125 Å². The third-order valence-electron chi connectivity index (χ3n) is 2.81. The summed E-state index contributed by atoms with van der Waals surface area (Å²) in [7, 11) is 0. The van der Waals surface area contributed by atoms with Crippen LogP contribution < -0.4 is 10.6 Å². The highest BCUT2D eigenvalue weighted by Gasteiger charge is 2.18. The minimum Gasteiger partial charge on any atom is -0.459 e. The molecule has 2 rings (SSSR count). The molecule has 2 N–H and O–H groups in total. The van der Waals surface area contributed by atoms with E-state index in [9.17, 15) is 19.7 Å². The zero-order valence-corrected chi connectivity index (χ0v) is 11.6. The lowest BCUT2D eigenvalue weighted by atomic mass is 10.2. The molecule has 1 heterocycles. The molecule has 2 amide bonds. The molecular formula is C14H13N3O5. The summed E-state index contributed by atoms with van der Waals surface area (Å²) in [5.41, 5.74) is 0.142. The van der Waals surface area contributed by atoms with Gasteiger partial charge in [0.1, 0.15) is 6.04 Å². The van der Waals surface area contributed by atoms with Crippen molar-refractivity contribution < 1.29 is 18.9 Å². The molecule has 8 heteroatoms. The molecule has 1 aromatic heterocycles. The van der Waals surface area contributed by atoms with Gasteiger partial charge in [-0.05, 0) is 25.1 Å². The molecule has 0 spiro atoms. The second-order valence-electron chi connectivity index (χ2n) is 4.47. The van der Waals surface area contributed by atoms with Crippen molar-refractivity contribution in [1.82, 2.24) is 5.32 Å². The summed E-state index contributed by atoms with van der Waals surface area (Å²) in [6.45, 7) is 1.49. The fourth-order valence-electron chi connectivity index (χ4n) is 1.69. The van der Waals surface area contributed by atoms with Crippen LogP contribution in [0.4, 0.5) is 11.4 Å². The molecule has 0 aliphatic heterocycles. The number of non-ortho nitro benzene ring substituents is 1. The van der Waals surface area contributed by atoms with E-state index < -0.39 is 22.8 Å². The van der Waals surface area contributed by atoms with Crippen LogP contribution in [0.2, 0.25) is 0 Å². The van der Waals surface area contributed by atoms with Crippen molar-refractivity contribution in [1.29, 1.82) is 0 Å². The van der Waals surface area contributed by atoms with E-state index in [2.05, 4.69) is 10.6 Å². The zero-order chi connectivity index (χ0) is 16.1. The summed E-state index contributed by atoms with van der Waals surface area (Å²) in [5, 5.41) is 15.6. The molecule has 0 bridgehead atoms. The number of carbonyl (C=O) groups is 2. The Morgan fingerprint density at radius 1 is 1.27 bits per heavy atom. The average molecular weight is 303 g/mol. The molecule has 0 saturated heterocycles. The maximum atomic E-state index is 12.0. The van der Waals surface area contributed by atoms with Crippen LogP contribution in [0.1, 0.15) is 17.5 Å². The van der Waals surface area contributed by atoms with E-state index in [1.807, 2.05) is 0 Å². The van der Waals surface area contributed by atoms with Crippen LogP contribution in [0.15, 0.2) is 47.1 Å². The molecule has 114 valence electrons. The number of benzene rings is 1. The number of hydrogen-bond donors (Lipinski definition) is 2. The topological polar surface area (TPSA) is 114 Å². The molecular weight excluding hydrogens is 290 g/mol. The van der Waals surface area contributed by atoms with Crippen LogP contribution in [-0.2, 0) is 4.79 Å². The number of nitrogens with one attached hydrogen (secondary N) is 2. The first kappa shape index (κ1) is 15.2. The lowest BCUT2D eigenvalue weighted by Crippen LogP contribution is -2.41. The highest BCUT2D eigenvalue weighted by molar-refractivity contribution is 5.99. The second-order valence-corrected chi connectivity index (χ2v) is 4.47. The zero-order valence-electron chi connectivity index (χ0n) is 11.6. The Kier molecular flexibility index (Phi) is 4.52. The highest BCUT2D eigenvalue weighted by Crippen LogP contribution is 2.17. The van der Waals surface area contributed by atoms with Gasteiger partial charge in [0, 0.05) is 17.8 Å². The first-order valence-corrected chi connectivity index (χ1v) is 6.37. The lowest BCUT2D eigenvalue weighted by Gasteiger charge is -2.13. The summed E-state index contributed by atoms with van der Waals surface area (Å²) in [6, 6.07) is 7.73. The van der Waals surface area contributed by atoms with Crippen LogP contribution in [0.3, 0.4) is 0 Å². The van der Waals surface area contributed by atoms with E-state index in [0.717, 1.165) is 0 Å². The number of hydrogen-bond acceptors (Lipinski definition) is 5. The van der Waals surface area contributed by atoms with Gasteiger partial charge in [0.2, 0.25) is 5.91 Å². The van der Waals surface area contributed by atoms with Gasteiger partial charge in [0.25, 0.3) is 11.6 Å². The predicted octanol–water partition coefficient (Wildman–Crippen LogP) is 1.94. The van der Waals surface area contributed by atoms with Crippen LogP contribution in [-0.4, -0.2) is 22.8 Å². The van der Waals surface area contributed by atoms with Gasteiger partial charge in [-0.15, -0.1) is 0 Å². The standard InChI is InChI=1S/C14H13N3O5/c1-9(15-14(19)12-6-3-7-22-12)13(18)16-10-4-2-5-11(8-10)17(20)21/h2-9H,1H3,(H,15,19)(H,16,18)/t9-/m1/s1. The summed E-state index contributed by atoms with van der Waals surface area (Å²) < 4.78 is 4.92. The Morgan fingerprint density at radius 2 is 2.05 bits per heavy atom. The van der Waals surface area contributed by atoms with Crippen LogP contribution >= 0.6 is 0 Å². The first-order valence-electron chi connectivity index (χ1n) is 6.37. The molecule has 0 aliphatic rings. The SMILES string of the molecule is C[C@@H](NC(=O)c1ccco1)C(=O)Nc1cccc([N+](=O)[O-])c1. The summed E-state index contributed by atoms with van der Waals surface area (Å²) in [5.74, 6) is -0.929. The fourth-order valence-corrected chi connectivity index (χ4v) is 1.69. The Bertz CT molecular complexity index is 696. The predicted molar refractivity (Wildman–Crippen MR) is 77.4 cm³/mol. The maximum Gasteiger partial charge on any atom is 0.287 e. The fraction of sp³-hybridized carbons (Fsp3) is 0.143. The van der Waals surface area contributed by atoms with Gasteiger partial charge in [0.05, 0.1) is 11.2 Å². The molecule has 2 aromatic rings. The third kappa shape index (κ3) is 3.69. The number of nitro groups is 1. The van der Waals surface area contributed by atoms with E-state index >= 15 is 0 Å². The molecule has 0 aliphatic carbocycles. The van der Waals surface area contributed by atoms with E-state index in [4.69, 9.17) is 4.42 Å². The van der Waals surface area contributed by atoms with E-state index in [-0.39, 0.29) is 17.1 Å². The van der Waals surface area contributed by atoms with E-state index in [1.165, 1.54) is 43.5 Å². The van der Waals surface area contributed by atoms with Crippen molar-refractivity contribution >= 4 is 23.2 Å². The minimum absolute atomic E-state index is 0.0926. The Balaban J connectivity index is 1.98. The van der Waals surface area contributed by atoms with Gasteiger partial charge in [-0.1, -0.05) is 6.07 Å². The van der Waals surface area contributed by atoms with Gasteiger partial charge >= 0.3 is 0 Å². The normalized spacial score (nSPS) is 11.5. The van der Waals surface area contributed by atoms with Gasteiger partial charge in [-0.2, -0.15) is 0 Å². The molecule has 8 nitrogen and oxygen atoms in total. The molecule has 0 fully saturated rings. The van der Waals surface area contributed by atoms with Gasteiger partial charge < -0.3 is 15.1 Å². The highest BCUT2D eigenvalue weighted by atomic mass is 16.6. The molecule has 22 heavy (non-hydrogen) atoms. The number of amides is 2. The number of carbonyl (C=O) groups excluding carboxylic acids is 2. The largest absolute Gasteiger partial charge is 0.459 e. The first-order chi connectivity index (χ1) is 10.5. The Hall–Kier alpha value is -3.16. The Morgan fingerprint density at radius 3 is 2.68 bits per heavy atom.